The minimum Gasteiger partial charge on any atom is -0.409 e. The zero-order valence-corrected chi connectivity index (χ0v) is 7.18. The number of hydrogen-bond donors (Lipinski definition) is 3. The van der Waals surface area contributed by atoms with Crippen LogP contribution in [0.3, 0.4) is 0 Å². The summed E-state index contributed by atoms with van der Waals surface area (Å²) in [5.41, 5.74) is 5.23. The maximum absolute atomic E-state index is 8.41. The topological polar surface area (TPSA) is 78.8 Å². The van der Waals surface area contributed by atoms with Crippen molar-refractivity contribution in [3.63, 3.8) is 0 Å². The second-order valence-electron chi connectivity index (χ2n) is 2.03. The summed E-state index contributed by atoms with van der Waals surface area (Å²) in [4.78, 5) is 0. The summed E-state index contributed by atoms with van der Waals surface area (Å²) in [5.74, 6) is 1.97. The van der Waals surface area contributed by atoms with Gasteiger partial charge in [-0.15, -0.1) is 0 Å². The average Bonchev–Trinajstić information content (AvgIpc) is 2.04. The molecule has 0 radical (unpaired) electrons. The molecule has 0 saturated carbocycles. The van der Waals surface area contributed by atoms with Gasteiger partial charge in [-0.3, -0.25) is 0 Å². The van der Waals surface area contributed by atoms with Crippen molar-refractivity contribution in [2.45, 2.75) is 12.8 Å². The standard InChI is InChI=1S/C6H14N2O2S/c7-6(8-10)2-1-4-11-5-3-9/h9-10H,1-5H2,(H2,7,8). The summed E-state index contributed by atoms with van der Waals surface area (Å²) < 4.78 is 0. The Labute approximate surface area is 70.5 Å². The molecule has 0 unspecified atom stereocenters. The van der Waals surface area contributed by atoms with Gasteiger partial charge >= 0.3 is 0 Å². The van der Waals surface area contributed by atoms with Crippen molar-refractivity contribution >= 4 is 17.6 Å². The number of amidine groups is 1. The third-order valence-corrected chi connectivity index (χ3v) is 2.13. The van der Waals surface area contributed by atoms with E-state index in [9.17, 15) is 0 Å². The molecule has 0 fully saturated rings. The Kier molecular flexibility index (Phi) is 7.39. The molecule has 4 N–H and O–H groups in total. The predicted molar refractivity (Wildman–Crippen MR) is 47.1 cm³/mol. The molecule has 0 aromatic rings. The summed E-state index contributed by atoms with van der Waals surface area (Å²) in [6.45, 7) is 0.217. The predicted octanol–water partition coefficient (Wildman–Crippen LogP) is 0.238. The van der Waals surface area contributed by atoms with Crippen molar-refractivity contribution < 1.29 is 10.3 Å². The van der Waals surface area contributed by atoms with E-state index < -0.39 is 0 Å². The zero-order chi connectivity index (χ0) is 8.53. The minimum atomic E-state index is 0.217. The minimum absolute atomic E-state index is 0.217. The molecule has 0 spiro atoms. The number of rotatable bonds is 6. The molecule has 4 nitrogen and oxygen atoms in total. The number of nitrogens with two attached hydrogens (primary N) is 1. The quantitative estimate of drug-likeness (QED) is 0.179. The lowest BCUT2D eigenvalue weighted by Crippen LogP contribution is -2.11. The number of aliphatic hydroxyl groups excluding tert-OH is 1. The lowest BCUT2D eigenvalue weighted by molar-refractivity contribution is 0.316. The second kappa shape index (κ2) is 7.68. The summed E-state index contributed by atoms with van der Waals surface area (Å²) in [6.07, 6.45) is 1.51. The average molecular weight is 178 g/mol. The van der Waals surface area contributed by atoms with Crippen LogP contribution in [0.2, 0.25) is 0 Å². The summed E-state index contributed by atoms with van der Waals surface area (Å²) in [5, 5.41) is 19.4. The van der Waals surface area contributed by atoms with Crippen LogP contribution in [0.4, 0.5) is 0 Å². The molecule has 0 aliphatic rings. The van der Waals surface area contributed by atoms with E-state index >= 15 is 0 Å². The van der Waals surface area contributed by atoms with Crippen LogP contribution in [0.5, 0.6) is 0 Å². The Balaban J connectivity index is 3.02. The van der Waals surface area contributed by atoms with E-state index in [-0.39, 0.29) is 12.4 Å². The van der Waals surface area contributed by atoms with E-state index in [0.29, 0.717) is 6.42 Å². The van der Waals surface area contributed by atoms with Gasteiger partial charge in [-0.25, -0.2) is 0 Å². The molecule has 0 aromatic heterocycles. The van der Waals surface area contributed by atoms with Gasteiger partial charge in [-0.1, -0.05) is 5.16 Å². The van der Waals surface area contributed by atoms with Crippen LogP contribution in [-0.4, -0.2) is 34.3 Å². The van der Waals surface area contributed by atoms with Crippen molar-refractivity contribution in [3.05, 3.63) is 0 Å². The van der Waals surface area contributed by atoms with E-state index in [1.807, 2.05) is 0 Å². The number of hydrogen-bond acceptors (Lipinski definition) is 4. The van der Waals surface area contributed by atoms with E-state index in [1.165, 1.54) is 0 Å². The smallest absolute Gasteiger partial charge is 0.139 e. The molecule has 0 saturated heterocycles. The van der Waals surface area contributed by atoms with Crippen molar-refractivity contribution in [1.82, 2.24) is 0 Å². The Bertz CT molecular complexity index is 119. The normalized spacial score (nSPS) is 11.9. The highest BCUT2D eigenvalue weighted by molar-refractivity contribution is 7.99. The first-order valence-corrected chi connectivity index (χ1v) is 4.61. The third kappa shape index (κ3) is 7.48. The van der Waals surface area contributed by atoms with Crippen molar-refractivity contribution in [3.8, 4) is 0 Å². The van der Waals surface area contributed by atoms with Crippen molar-refractivity contribution in [1.29, 1.82) is 0 Å². The number of thioether (sulfide) groups is 1. The van der Waals surface area contributed by atoms with Crippen LogP contribution in [0, 0.1) is 0 Å². The summed E-state index contributed by atoms with van der Waals surface area (Å²) >= 11 is 1.66. The van der Waals surface area contributed by atoms with Crippen LogP contribution in [0.25, 0.3) is 0 Å². The van der Waals surface area contributed by atoms with Gasteiger partial charge in [0.2, 0.25) is 0 Å². The van der Waals surface area contributed by atoms with Crippen LogP contribution in [0.15, 0.2) is 5.16 Å². The maximum Gasteiger partial charge on any atom is 0.139 e. The first-order chi connectivity index (χ1) is 5.31. The summed E-state index contributed by atoms with van der Waals surface area (Å²) in [7, 11) is 0. The molecule has 0 amide bonds. The molecule has 0 aliphatic carbocycles. The lowest BCUT2D eigenvalue weighted by atomic mass is 10.3. The van der Waals surface area contributed by atoms with E-state index in [4.69, 9.17) is 16.0 Å². The van der Waals surface area contributed by atoms with E-state index in [1.54, 1.807) is 11.8 Å². The lowest BCUT2D eigenvalue weighted by Gasteiger charge is -1.97. The number of aliphatic hydroxyl groups is 1. The Morgan fingerprint density at radius 1 is 1.45 bits per heavy atom. The fourth-order valence-electron chi connectivity index (χ4n) is 0.572. The molecule has 0 heterocycles. The number of nitrogens with zero attached hydrogens (tertiary/aromatic N) is 1. The summed E-state index contributed by atoms with van der Waals surface area (Å²) in [6, 6.07) is 0. The molecule has 0 atom stereocenters. The largest absolute Gasteiger partial charge is 0.409 e. The molecule has 11 heavy (non-hydrogen) atoms. The van der Waals surface area contributed by atoms with Gasteiger partial charge in [0.15, 0.2) is 0 Å². The first kappa shape index (κ1) is 10.6. The van der Waals surface area contributed by atoms with Gasteiger partial charge in [-0.05, 0) is 12.2 Å². The molecule has 0 bridgehead atoms. The maximum atomic E-state index is 8.41. The van der Waals surface area contributed by atoms with Crippen molar-refractivity contribution in [2.75, 3.05) is 18.1 Å². The highest BCUT2D eigenvalue weighted by atomic mass is 32.2. The zero-order valence-electron chi connectivity index (χ0n) is 6.36. The van der Waals surface area contributed by atoms with Crippen LogP contribution in [-0.2, 0) is 0 Å². The molecule has 5 heteroatoms. The fourth-order valence-corrected chi connectivity index (χ4v) is 1.25. The molecule has 0 aliphatic heterocycles. The molecule has 66 valence electrons. The van der Waals surface area contributed by atoms with E-state index in [0.717, 1.165) is 17.9 Å². The van der Waals surface area contributed by atoms with Gasteiger partial charge in [0.1, 0.15) is 5.84 Å². The van der Waals surface area contributed by atoms with Crippen LogP contribution in [0.1, 0.15) is 12.8 Å². The first-order valence-electron chi connectivity index (χ1n) is 3.46. The van der Waals surface area contributed by atoms with Crippen LogP contribution >= 0.6 is 11.8 Å². The second-order valence-corrected chi connectivity index (χ2v) is 3.26. The molecular formula is C6H14N2O2S. The van der Waals surface area contributed by atoms with Crippen molar-refractivity contribution in [2.24, 2.45) is 10.9 Å². The van der Waals surface area contributed by atoms with Crippen LogP contribution < -0.4 is 5.73 Å². The Hall–Kier alpha value is -0.420. The van der Waals surface area contributed by atoms with E-state index in [2.05, 4.69) is 5.16 Å². The van der Waals surface area contributed by atoms with Gasteiger partial charge in [0.25, 0.3) is 0 Å². The number of oxime groups is 1. The highest BCUT2D eigenvalue weighted by Gasteiger charge is 1.93. The van der Waals surface area contributed by atoms with Gasteiger partial charge in [0.05, 0.1) is 6.61 Å². The Morgan fingerprint density at radius 2 is 2.18 bits per heavy atom. The van der Waals surface area contributed by atoms with Gasteiger partial charge in [0, 0.05) is 12.2 Å². The monoisotopic (exact) mass is 178 g/mol. The Morgan fingerprint density at radius 3 is 2.73 bits per heavy atom. The molecule has 0 rings (SSSR count). The third-order valence-electron chi connectivity index (χ3n) is 1.09. The van der Waals surface area contributed by atoms with Gasteiger partial charge < -0.3 is 16.0 Å². The fraction of sp³-hybridized carbons (Fsp3) is 0.833. The molecule has 0 aromatic carbocycles. The SMILES string of the molecule is N/C(CCCSCCO)=N\O. The van der Waals surface area contributed by atoms with Gasteiger partial charge in [-0.2, -0.15) is 11.8 Å². The molecular weight excluding hydrogens is 164 g/mol. The highest BCUT2D eigenvalue weighted by Crippen LogP contribution is 2.02.